The molecule has 0 aliphatic carbocycles. The summed E-state index contributed by atoms with van der Waals surface area (Å²) in [6.07, 6.45) is 2.21. The Kier molecular flexibility index (Phi) is 3.53. The maximum atomic E-state index is 11.1. The van der Waals surface area contributed by atoms with Gasteiger partial charge >= 0.3 is 0 Å². The van der Waals surface area contributed by atoms with Crippen molar-refractivity contribution >= 4 is 5.91 Å². The number of amides is 1. The van der Waals surface area contributed by atoms with Crippen molar-refractivity contribution in [1.29, 1.82) is 0 Å². The van der Waals surface area contributed by atoms with Gasteiger partial charge < -0.3 is 9.80 Å². The zero-order chi connectivity index (χ0) is 8.97. The number of rotatable bonds is 0. The number of nitrogens with zero attached hydrogens (tertiary/aromatic N) is 2. The summed E-state index contributed by atoms with van der Waals surface area (Å²) in [5.74, 6) is 0.222. The molecule has 0 unspecified atom stereocenters. The first-order chi connectivity index (χ1) is 5.70. The van der Waals surface area contributed by atoms with E-state index in [9.17, 15) is 4.79 Å². The lowest BCUT2D eigenvalue weighted by atomic mass is 10.2. The molecule has 3 nitrogen and oxygen atoms in total. The maximum absolute atomic E-state index is 11.1. The van der Waals surface area contributed by atoms with Crippen LogP contribution < -0.4 is 0 Å². The van der Waals surface area contributed by atoms with E-state index in [1.165, 1.54) is 0 Å². The summed E-state index contributed by atoms with van der Waals surface area (Å²) in [6.45, 7) is 5.75. The molecule has 0 bridgehead atoms. The van der Waals surface area contributed by atoms with E-state index < -0.39 is 0 Å². The highest BCUT2D eigenvalue weighted by molar-refractivity contribution is 5.73. The van der Waals surface area contributed by atoms with Crippen LogP contribution in [-0.2, 0) is 4.79 Å². The molecule has 0 atom stereocenters. The summed E-state index contributed by atoms with van der Waals surface area (Å²) in [6, 6.07) is 0. The minimum atomic E-state index is 0.222. The molecule has 0 N–H and O–H groups in total. The molecule has 0 aromatic carbocycles. The molecule has 12 heavy (non-hydrogen) atoms. The number of hydrogen-bond donors (Lipinski definition) is 0. The third kappa shape index (κ3) is 2.81. The molecular weight excluding hydrogens is 152 g/mol. The van der Waals surface area contributed by atoms with Crippen LogP contribution >= 0.6 is 0 Å². The molecule has 3 heteroatoms. The summed E-state index contributed by atoms with van der Waals surface area (Å²) in [5, 5.41) is 0. The highest BCUT2D eigenvalue weighted by Gasteiger charge is 2.11. The van der Waals surface area contributed by atoms with Gasteiger partial charge in [-0.1, -0.05) is 0 Å². The maximum Gasteiger partial charge on any atom is 0.219 e. The van der Waals surface area contributed by atoms with Gasteiger partial charge in [-0.25, -0.2) is 0 Å². The number of hydrogen-bond acceptors (Lipinski definition) is 2. The van der Waals surface area contributed by atoms with Gasteiger partial charge in [-0.2, -0.15) is 0 Å². The third-order valence-electron chi connectivity index (χ3n) is 2.38. The van der Waals surface area contributed by atoms with Crippen LogP contribution in [0.25, 0.3) is 0 Å². The molecule has 1 fully saturated rings. The van der Waals surface area contributed by atoms with Crippen molar-refractivity contribution in [2.75, 3.05) is 33.2 Å². The van der Waals surface area contributed by atoms with Crippen molar-refractivity contribution in [2.24, 2.45) is 0 Å². The van der Waals surface area contributed by atoms with Crippen molar-refractivity contribution in [3.63, 3.8) is 0 Å². The molecule has 1 aliphatic heterocycles. The monoisotopic (exact) mass is 170 g/mol. The van der Waals surface area contributed by atoms with Crippen LogP contribution in [0.5, 0.6) is 0 Å². The van der Waals surface area contributed by atoms with Gasteiger partial charge in [0, 0.05) is 20.0 Å². The first-order valence-corrected chi connectivity index (χ1v) is 4.64. The smallest absolute Gasteiger partial charge is 0.219 e. The van der Waals surface area contributed by atoms with Crippen LogP contribution in [-0.4, -0.2) is 48.9 Å². The Hall–Kier alpha value is -0.570. The minimum Gasteiger partial charge on any atom is -0.343 e. The summed E-state index contributed by atoms with van der Waals surface area (Å²) < 4.78 is 0. The summed E-state index contributed by atoms with van der Waals surface area (Å²) in [4.78, 5) is 15.3. The van der Waals surface area contributed by atoms with E-state index in [2.05, 4.69) is 11.9 Å². The van der Waals surface area contributed by atoms with Crippen LogP contribution in [0.1, 0.15) is 19.8 Å². The topological polar surface area (TPSA) is 23.6 Å². The van der Waals surface area contributed by atoms with Crippen molar-refractivity contribution in [2.45, 2.75) is 19.8 Å². The van der Waals surface area contributed by atoms with Crippen LogP contribution in [0, 0.1) is 0 Å². The van der Waals surface area contributed by atoms with E-state index in [0.717, 1.165) is 39.0 Å². The average molecular weight is 170 g/mol. The predicted molar refractivity (Wildman–Crippen MR) is 49.0 cm³/mol. The van der Waals surface area contributed by atoms with E-state index in [0.29, 0.717) is 0 Å². The lowest BCUT2D eigenvalue weighted by Gasteiger charge is -2.27. The van der Waals surface area contributed by atoms with Crippen LogP contribution in [0.2, 0.25) is 0 Å². The second-order valence-electron chi connectivity index (χ2n) is 3.52. The van der Waals surface area contributed by atoms with Gasteiger partial charge in [-0.15, -0.1) is 0 Å². The summed E-state index contributed by atoms with van der Waals surface area (Å²) in [5.41, 5.74) is 0. The minimum absolute atomic E-state index is 0.222. The zero-order valence-corrected chi connectivity index (χ0v) is 8.05. The van der Waals surface area contributed by atoms with E-state index in [1.54, 1.807) is 6.92 Å². The van der Waals surface area contributed by atoms with Gasteiger partial charge in [0.2, 0.25) is 5.91 Å². The third-order valence-corrected chi connectivity index (χ3v) is 2.38. The van der Waals surface area contributed by atoms with E-state index in [1.807, 2.05) is 4.90 Å². The first-order valence-electron chi connectivity index (χ1n) is 4.64. The van der Waals surface area contributed by atoms with Gasteiger partial charge in [-0.3, -0.25) is 4.79 Å². The van der Waals surface area contributed by atoms with Crippen molar-refractivity contribution in [3.8, 4) is 0 Å². The van der Waals surface area contributed by atoms with E-state index in [4.69, 9.17) is 0 Å². The SMILES string of the molecule is CC(=O)N1CCCN(C)CCC1. The fraction of sp³-hybridized carbons (Fsp3) is 0.889. The molecule has 1 rings (SSSR count). The van der Waals surface area contributed by atoms with Gasteiger partial charge in [0.1, 0.15) is 0 Å². The Morgan fingerprint density at radius 1 is 1.08 bits per heavy atom. The summed E-state index contributed by atoms with van der Waals surface area (Å²) >= 11 is 0. The molecule has 0 aromatic rings. The Balaban J connectivity index is 2.35. The Morgan fingerprint density at radius 3 is 2.00 bits per heavy atom. The molecule has 0 saturated carbocycles. The Labute approximate surface area is 74.3 Å². The number of carbonyl (C=O) groups excluding carboxylic acids is 1. The molecule has 1 heterocycles. The fourth-order valence-corrected chi connectivity index (χ4v) is 1.60. The lowest BCUT2D eigenvalue weighted by Crippen LogP contribution is -2.37. The molecule has 1 saturated heterocycles. The molecule has 1 amide bonds. The van der Waals surface area contributed by atoms with Crippen molar-refractivity contribution < 1.29 is 4.79 Å². The molecule has 0 spiro atoms. The predicted octanol–water partition coefficient (Wildman–Crippen LogP) is 0.560. The lowest BCUT2D eigenvalue weighted by molar-refractivity contribution is -0.129. The fourth-order valence-electron chi connectivity index (χ4n) is 1.60. The quantitative estimate of drug-likeness (QED) is 0.530. The Bertz CT molecular complexity index is 149. The van der Waals surface area contributed by atoms with Crippen molar-refractivity contribution in [1.82, 2.24) is 9.80 Å². The molecule has 0 radical (unpaired) electrons. The second-order valence-corrected chi connectivity index (χ2v) is 3.52. The second kappa shape index (κ2) is 4.45. The molecular formula is C9H18N2O. The van der Waals surface area contributed by atoms with Gasteiger partial charge in [-0.05, 0) is 33.0 Å². The zero-order valence-electron chi connectivity index (χ0n) is 8.05. The highest BCUT2D eigenvalue weighted by Crippen LogP contribution is 2.02. The number of carbonyl (C=O) groups is 1. The van der Waals surface area contributed by atoms with Gasteiger partial charge in [0.05, 0.1) is 0 Å². The van der Waals surface area contributed by atoms with Crippen LogP contribution in [0.4, 0.5) is 0 Å². The first kappa shape index (κ1) is 9.52. The molecule has 70 valence electrons. The van der Waals surface area contributed by atoms with E-state index >= 15 is 0 Å². The Morgan fingerprint density at radius 2 is 1.58 bits per heavy atom. The summed E-state index contributed by atoms with van der Waals surface area (Å²) in [7, 11) is 2.14. The largest absolute Gasteiger partial charge is 0.343 e. The van der Waals surface area contributed by atoms with Crippen molar-refractivity contribution in [3.05, 3.63) is 0 Å². The standard InChI is InChI=1S/C9H18N2O/c1-9(12)11-7-3-5-10(2)6-4-8-11/h3-8H2,1-2H3. The molecule has 1 aliphatic rings. The normalized spacial score (nSPS) is 21.7. The van der Waals surface area contributed by atoms with Crippen LogP contribution in [0.3, 0.4) is 0 Å². The highest BCUT2D eigenvalue weighted by atomic mass is 16.2. The molecule has 0 aromatic heterocycles. The van der Waals surface area contributed by atoms with Gasteiger partial charge in [0.25, 0.3) is 0 Å². The van der Waals surface area contributed by atoms with Crippen LogP contribution in [0.15, 0.2) is 0 Å². The van der Waals surface area contributed by atoms with Gasteiger partial charge in [0.15, 0.2) is 0 Å². The average Bonchev–Trinajstić information content (AvgIpc) is 1.95. The van der Waals surface area contributed by atoms with E-state index in [-0.39, 0.29) is 5.91 Å².